The molecule has 0 radical (unpaired) electrons. The van der Waals surface area contributed by atoms with Gasteiger partial charge < -0.3 is 215 Å². The predicted molar refractivity (Wildman–Crippen MR) is 328 cm³/mol. The minimum atomic E-state index is -3.43. The van der Waals surface area contributed by atoms with Gasteiger partial charge in [0.2, 0.25) is 23.6 Å². The van der Waals surface area contributed by atoms with E-state index >= 15 is 0 Å². The number of aliphatic carboxylic acids is 1. The molecule has 0 unspecified atom stereocenters. The summed E-state index contributed by atoms with van der Waals surface area (Å²) in [5, 5.41) is 272. The lowest BCUT2D eigenvalue weighted by Gasteiger charge is -2.52. The number of aliphatic hydroxyl groups is 23. The first-order chi connectivity index (χ1) is 50.4. The zero-order valence-electron chi connectivity index (χ0n) is 57.4. The van der Waals surface area contributed by atoms with Crippen molar-refractivity contribution in [3.63, 3.8) is 0 Å². The maximum absolute atomic E-state index is 13.4. The van der Waals surface area contributed by atoms with Gasteiger partial charge in [-0.25, -0.2) is 4.79 Å². The van der Waals surface area contributed by atoms with E-state index in [0.29, 0.717) is 0 Å². The van der Waals surface area contributed by atoms with Gasteiger partial charge in [-0.2, -0.15) is 0 Å². The number of nitrogens with one attached hydrogen (secondary N) is 4. The van der Waals surface area contributed by atoms with Crippen molar-refractivity contribution in [1.29, 1.82) is 0 Å². The fourth-order valence-electron chi connectivity index (χ4n) is 13.7. The van der Waals surface area contributed by atoms with E-state index in [2.05, 4.69) is 21.3 Å². The molecule has 8 saturated heterocycles. The van der Waals surface area contributed by atoms with Crippen LogP contribution in [0.2, 0.25) is 0 Å². The summed E-state index contributed by atoms with van der Waals surface area (Å²) in [4.78, 5) is 64.4. The minimum Gasteiger partial charge on any atom is -0.477 e. The average Bonchev–Trinajstić information content (AvgIpc) is 0.748. The number of carbonyl (C=O) groups excluding carboxylic acids is 4. The first-order valence-corrected chi connectivity index (χ1v) is 33.7. The summed E-state index contributed by atoms with van der Waals surface area (Å²) in [5.74, 6) is -9.24. The van der Waals surface area contributed by atoms with Crippen LogP contribution in [-0.4, -0.2) is 456 Å². The molecule has 0 spiro atoms. The van der Waals surface area contributed by atoms with E-state index in [-0.39, 0.29) is 0 Å². The highest BCUT2D eigenvalue weighted by Crippen LogP contribution is 2.42. The Bertz CT molecular complexity index is 2870. The Morgan fingerprint density at radius 2 is 0.766 bits per heavy atom. The maximum Gasteiger partial charge on any atom is 0.364 e. The van der Waals surface area contributed by atoms with Gasteiger partial charge in [-0.3, -0.25) is 19.2 Å². The molecule has 8 rings (SSSR count). The van der Waals surface area contributed by atoms with Crippen molar-refractivity contribution >= 4 is 29.6 Å². The second-order valence-corrected chi connectivity index (χ2v) is 26.8. The third-order valence-electron chi connectivity index (χ3n) is 19.2. The molecule has 48 nitrogen and oxygen atoms in total. The fraction of sp³-hybridized carbons (Fsp3) is 0.915. The SMILES string of the molecule is CC(=O)N[C@@H]1[C@@H](O[C@@H]2O[C@H](CO)[C@H](O[C@@H]3O[C@H](CO)[C@H](O)[C@H](O)[C@H]3O)[C@H](O[C@]3(C(=O)O)C[C@H](O)[C@@H](O)[C@H]([C@H](O)[C@H](O)CO)O3)[C@H]2O)[C@@H](O)[C@@H](CO[C@@H]2O[C@H](CO)[C@@H](O)[C@H](O[C@@H]3O[C@H](CO)[C@@H](O[C@@H]4O[C@H](CO)[C@H](O[C@H]5O[C@H](CO)[C@@H](O)[C@H](O)[C@H]5NC(C)=O)[C@H](O)[C@H]4O)[C@H](O)[C@H]3NC(C)=O)[C@H]2NC(C)=O)O[C@@H]1O. The Hall–Kier alpha value is -4.17. The predicted octanol–water partition coefficient (Wildman–Crippen LogP) is -18.7. The third kappa shape index (κ3) is 19.6. The quantitative estimate of drug-likeness (QED) is 0.0331. The van der Waals surface area contributed by atoms with Gasteiger partial charge in [0.25, 0.3) is 5.79 Å². The monoisotopic (exact) mass is 1570 g/mol. The second-order valence-electron chi connectivity index (χ2n) is 26.8. The van der Waals surface area contributed by atoms with Crippen molar-refractivity contribution in [1.82, 2.24) is 21.3 Å². The van der Waals surface area contributed by atoms with Gasteiger partial charge in [0.05, 0.1) is 59.0 Å². The van der Waals surface area contributed by atoms with Crippen LogP contribution in [0.3, 0.4) is 0 Å². The zero-order chi connectivity index (χ0) is 79.3. The highest BCUT2D eigenvalue weighted by Gasteiger charge is 2.63. The van der Waals surface area contributed by atoms with Crippen molar-refractivity contribution in [2.75, 3.05) is 52.9 Å². The molecule has 8 fully saturated rings. The highest BCUT2D eigenvalue weighted by atomic mass is 16.8. The molecule has 8 aliphatic heterocycles. The molecule has 0 aliphatic carbocycles. The topological polar surface area (TPSA) is 757 Å². The first kappa shape index (κ1) is 88.4. The van der Waals surface area contributed by atoms with E-state index in [1.165, 1.54) is 0 Å². The van der Waals surface area contributed by atoms with Crippen LogP contribution in [0.25, 0.3) is 0 Å². The highest BCUT2D eigenvalue weighted by molar-refractivity contribution is 5.76. The van der Waals surface area contributed by atoms with Gasteiger partial charge in [-0.1, -0.05) is 0 Å². The Labute approximate surface area is 605 Å². The lowest BCUT2D eigenvalue weighted by Crippen LogP contribution is -2.71. The van der Waals surface area contributed by atoms with Crippen LogP contribution in [0.5, 0.6) is 0 Å². The number of hydrogen-bond acceptors (Lipinski definition) is 43. The van der Waals surface area contributed by atoms with Crippen LogP contribution in [0, 0.1) is 0 Å². The Kier molecular flexibility index (Phi) is 31.5. The van der Waals surface area contributed by atoms with Crippen molar-refractivity contribution < 1.29 is 218 Å². The molecular formula is C59H98N4O44. The number of carboxylic acids is 1. The Balaban J connectivity index is 1.04. The summed E-state index contributed by atoms with van der Waals surface area (Å²) in [5.41, 5.74) is 0. The molecule has 0 saturated carbocycles. The summed E-state index contributed by atoms with van der Waals surface area (Å²) in [7, 11) is 0. The first-order valence-electron chi connectivity index (χ1n) is 33.7. The van der Waals surface area contributed by atoms with E-state index < -0.39 is 340 Å². The molecule has 8 heterocycles. The van der Waals surface area contributed by atoms with E-state index in [9.17, 15) is 147 Å². The lowest BCUT2D eigenvalue weighted by molar-refractivity contribution is -0.404. The van der Waals surface area contributed by atoms with E-state index in [1.807, 2.05) is 0 Å². The van der Waals surface area contributed by atoms with Gasteiger partial charge in [0, 0.05) is 34.1 Å². The van der Waals surface area contributed by atoms with Crippen molar-refractivity contribution in [3.8, 4) is 0 Å². The van der Waals surface area contributed by atoms with Gasteiger partial charge in [-0.15, -0.1) is 0 Å². The summed E-state index contributed by atoms with van der Waals surface area (Å²) < 4.78 is 87.8. The molecule has 107 heavy (non-hydrogen) atoms. The number of carbonyl (C=O) groups is 5. The van der Waals surface area contributed by atoms with E-state index in [1.54, 1.807) is 0 Å². The van der Waals surface area contributed by atoms with Crippen LogP contribution in [-0.2, 0) is 95.0 Å². The molecule has 41 atom stereocenters. The van der Waals surface area contributed by atoms with Crippen LogP contribution in [0.15, 0.2) is 0 Å². The molecule has 4 amide bonds. The molecule has 28 N–H and O–H groups in total. The van der Waals surface area contributed by atoms with Crippen molar-refractivity contribution in [2.45, 2.75) is 285 Å². The summed E-state index contributed by atoms with van der Waals surface area (Å²) in [6.45, 7) is -4.99. The number of ether oxygens (including phenoxy) is 15. The Morgan fingerprint density at radius 3 is 1.29 bits per heavy atom. The van der Waals surface area contributed by atoms with Crippen LogP contribution >= 0.6 is 0 Å². The van der Waals surface area contributed by atoms with E-state index in [4.69, 9.17) is 71.1 Å². The van der Waals surface area contributed by atoms with Crippen molar-refractivity contribution in [3.05, 3.63) is 0 Å². The molecule has 8 aliphatic rings. The van der Waals surface area contributed by atoms with Crippen LogP contribution in [0.1, 0.15) is 34.1 Å². The third-order valence-corrected chi connectivity index (χ3v) is 19.2. The van der Waals surface area contributed by atoms with Crippen molar-refractivity contribution in [2.24, 2.45) is 0 Å². The second kappa shape index (κ2) is 38.1. The number of hydrogen-bond donors (Lipinski definition) is 28. The van der Waals surface area contributed by atoms with Gasteiger partial charge >= 0.3 is 5.97 Å². The summed E-state index contributed by atoms with van der Waals surface area (Å²) >= 11 is 0. The minimum absolute atomic E-state index is 0.763. The zero-order valence-corrected chi connectivity index (χ0v) is 57.4. The van der Waals surface area contributed by atoms with Gasteiger partial charge in [0.1, 0.15) is 195 Å². The smallest absolute Gasteiger partial charge is 0.364 e. The molecule has 0 aromatic carbocycles. The summed E-state index contributed by atoms with van der Waals surface area (Å²) in [6, 6.07) is -7.30. The Morgan fingerprint density at radius 1 is 0.383 bits per heavy atom. The largest absolute Gasteiger partial charge is 0.477 e. The molecule has 0 aromatic rings. The number of rotatable bonds is 29. The molecule has 48 heteroatoms. The molecule has 0 bridgehead atoms. The molecule has 0 aromatic heterocycles. The average molecular weight is 1570 g/mol. The molecule has 618 valence electrons. The number of carboxylic acid groups (broad SMARTS) is 1. The summed E-state index contributed by atoms with van der Waals surface area (Å²) in [6.07, 6.45) is -77.0. The van der Waals surface area contributed by atoms with Gasteiger partial charge in [-0.05, 0) is 0 Å². The number of aliphatic hydroxyl groups excluding tert-OH is 23. The van der Waals surface area contributed by atoms with E-state index in [0.717, 1.165) is 27.7 Å². The lowest BCUT2D eigenvalue weighted by atomic mass is 9.90. The van der Waals surface area contributed by atoms with Crippen LogP contribution in [0.4, 0.5) is 0 Å². The number of amides is 4. The maximum atomic E-state index is 13.4. The normalized spacial score (nSPS) is 46.9. The van der Waals surface area contributed by atoms with Gasteiger partial charge in [0.15, 0.2) is 44.0 Å². The standard InChI is InChI=1S/C59H98N4O44/c1-14(71)60-27-37(83)33(79)20(7-65)96-53(27)101-45-24(11-69)99-56(42(88)40(45)86)102-44-23(10-68)98-54(28(38(44)84)61-15(2)72)104-48-30(63-17(4)74)52(95-22(9-67)35(48)81)93-13-26-36(82)47(29(51(90)94-26)62-16(3)73)105-57-43(89)50(46(25(12-70)100-57)103-55-41(87)39(85)34(80)21(8-66)97-55)107-59(58(91)92)5-18(75)31(77)49(106-59)32(78)19(76)6-64/h18-57,64-70,75-90H,5-13H2,1-4H3,(H,60,71)(H,61,72)(H,62,73)(H,63,74)(H,91,92)/t18-,19+,20+,21+,22+,23+,24+,25+,26+,27+,28+,29+,30+,31+,32+,33+,34-,35+,36-,37+,38+,39-,40+,41+,42+,43+,44+,45-,46-,47+,48+,49+,50+,51-,52+,53+,54-,55-,56-,57-,59-/m0/s1. The molecular weight excluding hydrogens is 1470 g/mol. The van der Waals surface area contributed by atoms with Crippen LogP contribution < -0.4 is 21.3 Å². The fourth-order valence-corrected chi connectivity index (χ4v) is 13.7.